The first-order valence-electron chi connectivity index (χ1n) is 4.71. The van der Waals surface area contributed by atoms with E-state index in [-0.39, 0.29) is 10.5 Å². The summed E-state index contributed by atoms with van der Waals surface area (Å²) in [5, 5.41) is 10.2. The quantitative estimate of drug-likeness (QED) is 0.670. The summed E-state index contributed by atoms with van der Waals surface area (Å²) in [6.45, 7) is -0.836. The highest BCUT2D eigenvalue weighted by Gasteiger charge is 2.15. The van der Waals surface area contributed by atoms with Crippen LogP contribution < -0.4 is 15.6 Å². The van der Waals surface area contributed by atoms with Crippen molar-refractivity contribution in [1.82, 2.24) is 9.71 Å². The Morgan fingerprint density at radius 1 is 1.44 bits per heavy atom. The molecule has 0 unspecified atom stereocenters. The SMILES string of the molecule is O=C([O-])CNS(=O)(=O)c1ccc2[nH]c(=O)oc2c1. The number of hydrogen-bond acceptors (Lipinski definition) is 6. The lowest BCUT2D eigenvalue weighted by molar-refractivity contribution is -0.303. The minimum Gasteiger partial charge on any atom is -0.549 e. The van der Waals surface area contributed by atoms with Gasteiger partial charge in [-0.3, -0.25) is 4.98 Å². The molecule has 0 saturated heterocycles. The fraction of sp³-hybridized carbons (Fsp3) is 0.111. The lowest BCUT2D eigenvalue weighted by atomic mass is 10.3. The minimum atomic E-state index is -3.98. The third kappa shape index (κ3) is 2.41. The van der Waals surface area contributed by atoms with Crippen LogP contribution in [0.2, 0.25) is 0 Å². The summed E-state index contributed by atoms with van der Waals surface area (Å²) in [4.78, 5) is 23.2. The summed E-state index contributed by atoms with van der Waals surface area (Å²) in [6, 6.07) is 3.67. The molecule has 0 saturated carbocycles. The van der Waals surface area contributed by atoms with Gasteiger partial charge in [0.2, 0.25) is 10.0 Å². The Hall–Kier alpha value is -2.13. The average molecular weight is 271 g/mol. The molecule has 0 atom stereocenters. The average Bonchev–Trinajstić information content (AvgIpc) is 2.65. The van der Waals surface area contributed by atoms with Crippen LogP contribution in [0.3, 0.4) is 0 Å². The Kier molecular flexibility index (Phi) is 2.93. The summed E-state index contributed by atoms with van der Waals surface area (Å²) in [7, 11) is -3.98. The number of nitrogens with one attached hydrogen (secondary N) is 2. The first-order chi connectivity index (χ1) is 8.38. The minimum absolute atomic E-state index is 0.0660. The molecule has 96 valence electrons. The van der Waals surface area contributed by atoms with Crippen molar-refractivity contribution in [3.63, 3.8) is 0 Å². The van der Waals surface area contributed by atoms with Crippen LogP contribution in [0, 0.1) is 0 Å². The third-order valence-corrected chi connectivity index (χ3v) is 3.51. The molecule has 1 heterocycles. The molecule has 9 heteroatoms. The van der Waals surface area contributed by atoms with Crippen LogP contribution in [-0.4, -0.2) is 25.9 Å². The van der Waals surface area contributed by atoms with E-state index in [1.807, 2.05) is 4.72 Å². The van der Waals surface area contributed by atoms with Gasteiger partial charge in [-0.2, -0.15) is 0 Å². The van der Waals surface area contributed by atoms with E-state index in [0.29, 0.717) is 5.52 Å². The number of fused-ring (bicyclic) bond motifs is 1. The summed E-state index contributed by atoms with van der Waals surface area (Å²) < 4.78 is 29.8. The van der Waals surface area contributed by atoms with Crippen molar-refractivity contribution in [2.45, 2.75) is 4.90 Å². The van der Waals surface area contributed by atoms with Gasteiger partial charge in [0.15, 0.2) is 5.58 Å². The molecule has 0 spiro atoms. The van der Waals surface area contributed by atoms with Crippen LogP contribution in [0.15, 0.2) is 32.3 Å². The number of aliphatic carboxylic acids is 1. The van der Waals surface area contributed by atoms with E-state index < -0.39 is 28.3 Å². The van der Waals surface area contributed by atoms with E-state index in [1.165, 1.54) is 12.1 Å². The second-order valence-corrected chi connectivity index (χ2v) is 5.14. The van der Waals surface area contributed by atoms with Crippen molar-refractivity contribution in [2.75, 3.05) is 6.54 Å². The number of hydrogen-bond donors (Lipinski definition) is 2. The van der Waals surface area contributed by atoms with Gasteiger partial charge in [0, 0.05) is 6.07 Å². The van der Waals surface area contributed by atoms with Crippen LogP contribution in [0.25, 0.3) is 11.1 Å². The topological polar surface area (TPSA) is 132 Å². The van der Waals surface area contributed by atoms with Crippen LogP contribution in [0.5, 0.6) is 0 Å². The fourth-order valence-corrected chi connectivity index (χ4v) is 2.31. The predicted molar refractivity (Wildman–Crippen MR) is 57.0 cm³/mol. The highest BCUT2D eigenvalue weighted by atomic mass is 32.2. The molecule has 2 rings (SSSR count). The van der Waals surface area contributed by atoms with E-state index in [2.05, 4.69) is 4.98 Å². The Balaban J connectivity index is 2.41. The number of oxazole rings is 1. The van der Waals surface area contributed by atoms with E-state index >= 15 is 0 Å². The number of H-pyrrole nitrogens is 1. The Morgan fingerprint density at radius 3 is 2.83 bits per heavy atom. The van der Waals surface area contributed by atoms with E-state index in [9.17, 15) is 23.1 Å². The first kappa shape index (κ1) is 12.3. The highest BCUT2D eigenvalue weighted by molar-refractivity contribution is 7.89. The van der Waals surface area contributed by atoms with Crippen molar-refractivity contribution in [3.8, 4) is 0 Å². The molecular weight excluding hydrogens is 264 g/mol. The second kappa shape index (κ2) is 4.27. The number of aromatic nitrogens is 1. The molecule has 18 heavy (non-hydrogen) atoms. The number of benzene rings is 1. The van der Waals surface area contributed by atoms with Gasteiger partial charge in [0.1, 0.15) is 0 Å². The molecule has 0 bridgehead atoms. The fourth-order valence-electron chi connectivity index (χ4n) is 1.33. The van der Waals surface area contributed by atoms with Gasteiger partial charge in [-0.1, -0.05) is 0 Å². The number of carboxylic acids is 1. The first-order valence-corrected chi connectivity index (χ1v) is 6.19. The van der Waals surface area contributed by atoms with Crippen molar-refractivity contribution in [3.05, 3.63) is 28.7 Å². The monoisotopic (exact) mass is 271 g/mol. The zero-order valence-corrected chi connectivity index (χ0v) is 9.61. The number of sulfonamides is 1. The lowest BCUT2D eigenvalue weighted by Gasteiger charge is -2.06. The smallest absolute Gasteiger partial charge is 0.417 e. The van der Waals surface area contributed by atoms with Gasteiger partial charge in [-0.15, -0.1) is 0 Å². The molecular formula is C9H7N2O6S-. The second-order valence-electron chi connectivity index (χ2n) is 3.37. The van der Waals surface area contributed by atoms with E-state index in [1.54, 1.807) is 0 Å². The van der Waals surface area contributed by atoms with Crippen LogP contribution in [-0.2, 0) is 14.8 Å². The largest absolute Gasteiger partial charge is 0.549 e. The normalized spacial score (nSPS) is 11.8. The van der Waals surface area contributed by atoms with Crippen LogP contribution >= 0.6 is 0 Å². The van der Waals surface area contributed by atoms with Gasteiger partial charge in [-0.25, -0.2) is 17.9 Å². The molecule has 0 aliphatic rings. The summed E-state index contributed by atoms with van der Waals surface area (Å²) in [5.74, 6) is -2.25. The summed E-state index contributed by atoms with van der Waals surface area (Å²) >= 11 is 0. The lowest BCUT2D eigenvalue weighted by Crippen LogP contribution is -2.37. The van der Waals surface area contributed by atoms with Crippen LogP contribution in [0.1, 0.15) is 0 Å². The zero-order valence-electron chi connectivity index (χ0n) is 8.80. The molecule has 0 radical (unpaired) electrons. The van der Waals surface area contributed by atoms with Crippen molar-refractivity contribution in [2.24, 2.45) is 0 Å². The Morgan fingerprint density at radius 2 is 2.17 bits per heavy atom. The standard InChI is InChI=1S/C9H8N2O6S/c12-8(13)4-10-18(15,16)5-1-2-6-7(3-5)17-9(14)11-6/h1-3,10H,4H2,(H,11,14)(H,12,13)/p-1. The molecule has 0 fully saturated rings. The number of carbonyl (C=O) groups is 1. The van der Waals surface area contributed by atoms with Gasteiger partial charge in [0.05, 0.1) is 22.9 Å². The number of carboxylic acid groups (broad SMARTS) is 1. The van der Waals surface area contributed by atoms with E-state index in [0.717, 1.165) is 6.07 Å². The molecule has 0 aliphatic carbocycles. The molecule has 2 N–H and O–H groups in total. The van der Waals surface area contributed by atoms with Gasteiger partial charge >= 0.3 is 5.76 Å². The van der Waals surface area contributed by atoms with Crippen molar-refractivity contribution < 1.29 is 22.7 Å². The Bertz CT molecular complexity index is 757. The third-order valence-electron chi connectivity index (χ3n) is 2.11. The van der Waals surface area contributed by atoms with Gasteiger partial charge in [0.25, 0.3) is 0 Å². The summed E-state index contributed by atoms with van der Waals surface area (Å²) in [6.07, 6.45) is 0. The maximum Gasteiger partial charge on any atom is 0.417 e. The number of aromatic amines is 1. The highest BCUT2D eigenvalue weighted by Crippen LogP contribution is 2.16. The van der Waals surface area contributed by atoms with Crippen molar-refractivity contribution in [1.29, 1.82) is 0 Å². The molecule has 1 aromatic carbocycles. The maximum atomic E-state index is 11.7. The number of rotatable bonds is 4. The molecule has 0 aliphatic heterocycles. The molecule has 8 nitrogen and oxygen atoms in total. The maximum absolute atomic E-state index is 11.7. The van der Waals surface area contributed by atoms with E-state index in [4.69, 9.17) is 4.42 Å². The van der Waals surface area contributed by atoms with Crippen molar-refractivity contribution >= 4 is 27.1 Å². The predicted octanol–water partition coefficient (Wildman–Crippen LogP) is -1.85. The number of carbonyl (C=O) groups excluding carboxylic acids is 1. The van der Waals surface area contributed by atoms with Gasteiger partial charge in [-0.05, 0) is 12.1 Å². The van der Waals surface area contributed by atoms with Crippen LogP contribution in [0.4, 0.5) is 0 Å². The van der Waals surface area contributed by atoms with Gasteiger partial charge < -0.3 is 14.3 Å². The Labute approximate surface area is 100 Å². The summed E-state index contributed by atoms with van der Waals surface area (Å²) in [5.41, 5.74) is 0.412. The zero-order chi connectivity index (χ0) is 13.3. The molecule has 1 aromatic heterocycles. The molecule has 0 amide bonds. The molecule has 2 aromatic rings.